The largest absolute Gasteiger partial charge is 0.338 e. The third-order valence-electron chi connectivity index (χ3n) is 3.52. The van der Waals surface area contributed by atoms with E-state index < -0.39 is 0 Å². The maximum atomic E-state index is 9.17. The zero-order valence-corrected chi connectivity index (χ0v) is 11.0. The van der Waals surface area contributed by atoms with E-state index in [-0.39, 0.29) is 0 Å². The summed E-state index contributed by atoms with van der Waals surface area (Å²) >= 11 is 0. The van der Waals surface area contributed by atoms with Crippen molar-refractivity contribution in [2.24, 2.45) is 0 Å². The fourth-order valence-corrected chi connectivity index (χ4v) is 2.55. The van der Waals surface area contributed by atoms with E-state index in [2.05, 4.69) is 21.0 Å². The molecule has 0 unspecified atom stereocenters. The monoisotopic (exact) mass is 270 g/mol. The van der Waals surface area contributed by atoms with Gasteiger partial charge in [-0.2, -0.15) is 5.26 Å². The molecule has 0 saturated carbocycles. The molecule has 2 aromatic carbocycles. The van der Waals surface area contributed by atoms with Gasteiger partial charge in [-0.1, -0.05) is 24.3 Å². The molecule has 0 saturated heterocycles. The minimum absolute atomic E-state index is 0.572. The van der Waals surface area contributed by atoms with Gasteiger partial charge in [-0.15, -0.1) is 0 Å². The summed E-state index contributed by atoms with van der Waals surface area (Å²) in [7, 11) is 0. The summed E-state index contributed by atoms with van der Waals surface area (Å²) in [6.07, 6.45) is 1.77. The fraction of sp³-hybridized carbons (Fsp3) is 0. The van der Waals surface area contributed by atoms with Gasteiger partial charge in [0.15, 0.2) is 0 Å². The molecule has 2 aromatic heterocycles. The summed E-state index contributed by atoms with van der Waals surface area (Å²) in [5, 5.41) is 10.2. The number of benzene rings is 2. The molecule has 0 atom stereocenters. The van der Waals surface area contributed by atoms with Gasteiger partial charge in [0.2, 0.25) is 0 Å². The summed E-state index contributed by atoms with van der Waals surface area (Å²) in [5.74, 6) is 0.733. The Morgan fingerprint density at radius 3 is 2.71 bits per heavy atom. The lowest BCUT2D eigenvalue weighted by molar-refractivity contribution is 1.32. The van der Waals surface area contributed by atoms with Crippen LogP contribution in [0.3, 0.4) is 0 Å². The molecule has 4 rings (SSSR count). The van der Waals surface area contributed by atoms with Crippen LogP contribution in [-0.4, -0.2) is 15.0 Å². The third-order valence-corrected chi connectivity index (χ3v) is 3.52. The first-order chi connectivity index (χ1) is 10.4. The molecule has 2 heterocycles. The molecule has 98 valence electrons. The highest BCUT2D eigenvalue weighted by Crippen LogP contribution is 2.27. The van der Waals surface area contributed by atoms with Gasteiger partial charge in [-0.3, -0.25) is 4.98 Å². The van der Waals surface area contributed by atoms with Gasteiger partial charge in [-0.05, 0) is 24.3 Å². The molecule has 0 aliphatic carbocycles. The van der Waals surface area contributed by atoms with E-state index in [0.29, 0.717) is 11.1 Å². The highest BCUT2D eigenvalue weighted by Gasteiger charge is 2.11. The Morgan fingerprint density at radius 1 is 0.952 bits per heavy atom. The Hall–Kier alpha value is -3.19. The minimum Gasteiger partial charge on any atom is -0.338 e. The maximum Gasteiger partial charge on any atom is 0.140 e. The predicted molar refractivity (Wildman–Crippen MR) is 81.5 cm³/mol. The number of nitriles is 1. The number of nitrogens with one attached hydrogen (secondary N) is 1. The van der Waals surface area contributed by atoms with Crippen molar-refractivity contribution in [3.05, 3.63) is 60.3 Å². The highest BCUT2D eigenvalue weighted by atomic mass is 14.9. The number of rotatable bonds is 1. The maximum absolute atomic E-state index is 9.17. The molecule has 0 aliphatic heterocycles. The van der Waals surface area contributed by atoms with Gasteiger partial charge in [0.25, 0.3) is 0 Å². The van der Waals surface area contributed by atoms with Crippen LogP contribution in [0.1, 0.15) is 5.56 Å². The van der Waals surface area contributed by atoms with Crippen molar-refractivity contribution in [2.45, 2.75) is 0 Å². The van der Waals surface area contributed by atoms with Crippen LogP contribution in [-0.2, 0) is 0 Å². The molecule has 1 N–H and O–H groups in total. The van der Waals surface area contributed by atoms with E-state index in [0.717, 1.165) is 27.8 Å². The van der Waals surface area contributed by atoms with Gasteiger partial charge >= 0.3 is 0 Å². The van der Waals surface area contributed by atoms with Crippen LogP contribution >= 0.6 is 0 Å². The number of hydrogen-bond donors (Lipinski definition) is 1. The second-order valence-electron chi connectivity index (χ2n) is 4.78. The van der Waals surface area contributed by atoms with Crippen molar-refractivity contribution in [2.75, 3.05) is 0 Å². The van der Waals surface area contributed by atoms with E-state index in [1.165, 1.54) is 0 Å². The highest BCUT2D eigenvalue weighted by molar-refractivity contribution is 5.94. The summed E-state index contributed by atoms with van der Waals surface area (Å²) in [6, 6.07) is 17.6. The van der Waals surface area contributed by atoms with Crippen LogP contribution < -0.4 is 0 Å². The topological polar surface area (TPSA) is 65.4 Å². The molecule has 21 heavy (non-hydrogen) atoms. The minimum atomic E-state index is 0.572. The Balaban J connectivity index is 2.03. The van der Waals surface area contributed by atoms with Gasteiger partial charge in [0, 0.05) is 17.1 Å². The van der Waals surface area contributed by atoms with Crippen LogP contribution in [0.25, 0.3) is 33.3 Å². The van der Waals surface area contributed by atoms with Crippen molar-refractivity contribution in [1.29, 1.82) is 5.26 Å². The molecule has 0 amide bonds. The Morgan fingerprint density at radius 2 is 1.81 bits per heavy atom. The summed E-state index contributed by atoms with van der Waals surface area (Å²) in [5.41, 5.74) is 3.97. The lowest BCUT2D eigenvalue weighted by atomic mass is 10.1. The first kappa shape index (κ1) is 11.6. The number of aromatic nitrogens is 3. The molecule has 0 spiro atoms. The number of nitrogens with zero attached hydrogens (tertiary/aromatic N) is 3. The number of fused-ring (bicyclic) bond motifs is 2. The fourth-order valence-electron chi connectivity index (χ4n) is 2.55. The summed E-state index contributed by atoms with van der Waals surface area (Å²) < 4.78 is 0. The average Bonchev–Trinajstić information content (AvgIpc) is 2.98. The number of aromatic amines is 1. The smallest absolute Gasteiger partial charge is 0.140 e. The van der Waals surface area contributed by atoms with E-state index in [4.69, 9.17) is 0 Å². The van der Waals surface area contributed by atoms with Crippen molar-refractivity contribution in [3.8, 4) is 17.5 Å². The zero-order chi connectivity index (χ0) is 14.2. The summed E-state index contributed by atoms with van der Waals surface area (Å²) in [6.45, 7) is 0. The van der Waals surface area contributed by atoms with E-state index in [1.807, 2.05) is 42.5 Å². The number of pyridine rings is 1. The van der Waals surface area contributed by atoms with E-state index in [9.17, 15) is 5.26 Å². The van der Waals surface area contributed by atoms with E-state index in [1.54, 1.807) is 12.3 Å². The molecular weight excluding hydrogens is 260 g/mol. The Labute approximate surface area is 120 Å². The molecule has 4 nitrogen and oxygen atoms in total. The lowest BCUT2D eigenvalue weighted by Gasteiger charge is -2.01. The predicted octanol–water partition coefficient (Wildman–Crippen LogP) is 3.65. The molecule has 0 radical (unpaired) electrons. The van der Waals surface area contributed by atoms with Crippen LogP contribution in [0.4, 0.5) is 0 Å². The molecule has 4 heteroatoms. The van der Waals surface area contributed by atoms with Gasteiger partial charge < -0.3 is 4.98 Å². The number of hydrogen-bond acceptors (Lipinski definition) is 3. The standard InChI is InChI=1S/C17H10N4/c18-10-12-5-2-8-14-16(12)21-17(20-14)13-7-1-4-11-6-3-9-19-15(11)13/h1-9H,(H,20,21). The molecule has 0 bridgehead atoms. The first-order valence-electron chi connectivity index (χ1n) is 6.60. The summed E-state index contributed by atoms with van der Waals surface area (Å²) in [4.78, 5) is 12.3. The van der Waals surface area contributed by atoms with Gasteiger partial charge in [0.05, 0.1) is 16.6 Å². The van der Waals surface area contributed by atoms with Crippen molar-refractivity contribution < 1.29 is 0 Å². The lowest BCUT2D eigenvalue weighted by Crippen LogP contribution is -1.86. The average molecular weight is 270 g/mol. The zero-order valence-electron chi connectivity index (χ0n) is 11.0. The van der Waals surface area contributed by atoms with E-state index >= 15 is 0 Å². The SMILES string of the molecule is N#Cc1cccc2[nH]c(-c3cccc4cccnc34)nc12. The van der Waals surface area contributed by atoms with Crippen LogP contribution in [0.5, 0.6) is 0 Å². The first-order valence-corrected chi connectivity index (χ1v) is 6.60. The van der Waals surface area contributed by atoms with Crippen molar-refractivity contribution in [3.63, 3.8) is 0 Å². The quantitative estimate of drug-likeness (QED) is 0.574. The van der Waals surface area contributed by atoms with Crippen LogP contribution in [0, 0.1) is 11.3 Å². The number of para-hydroxylation sites is 2. The molecule has 4 aromatic rings. The molecule has 0 aliphatic rings. The Bertz CT molecular complexity index is 1000. The van der Waals surface area contributed by atoms with Gasteiger partial charge in [-0.25, -0.2) is 4.98 Å². The van der Waals surface area contributed by atoms with Crippen molar-refractivity contribution in [1.82, 2.24) is 15.0 Å². The number of imidazole rings is 1. The second-order valence-corrected chi connectivity index (χ2v) is 4.78. The molecular formula is C17H10N4. The second kappa shape index (κ2) is 4.43. The normalized spacial score (nSPS) is 10.8. The molecule has 0 fully saturated rings. The van der Waals surface area contributed by atoms with Crippen molar-refractivity contribution >= 4 is 21.9 Å². The number of H-pyrrole nitrogens is 1. The van der Waals surface area contributed by atoms with Gasteiger partial charge in [0.1, 0.15) is 17.4 Å². The Kier molecular flexibility index (Phi) is 2.45. The third kappa shape index (κ3) is 1.76. The van der Waals surface area contributed by atoms with Crippen LogP contribution in [0.15, 0.2) is 54.7 Å². The van der Waals surface area contributed by atoms with Crippen LogP contribution in [0.2, 0.25) is 0 Å².